The Bertz CT molecular complexity index is 276. The summed E-state index contributed by atoms with van der Waals surface area (Å²) in [7, 11) is 0. The van der Waals surface area contributed by atoms with Crippen LogP contribution >= 0.6 is 0 Å². The summed E-state index contributed by atoms with van der Waals surface area (Å²) in [4.78, 5) is 17.5. The molecule has 7 nitrogen and oxygen atoms in total. The minimum atomic E-state index is -0.731. The summed E-state index contributed by atoms with van der Waals surface area (Å²) in [5, 5.41) is 16.3. The van der Waals surface area contributed by atoms with Gasteiger partial charge in [0.1, 0.15) is 12.0 Å². The molecule has 1 unspecified atom stereocenters. The van der Waals surface area contributed by atoms with Gasteiger partial charge in [-0.05, 0) is 6.07 Å². The summed E-state index contributed by atoms with van der Waals surface area (Å²) in [5.41, 5.74) is 10.00. The molecule has 0 saturated carbocycles. The Kier molecular flexibility index (Phi) is 6.98. The van der Waals surface area contributed by atoms with E-state index in [1.807, 2.05) is 0 Å². The van der Waals surface area contributed by atoms with Crippen LogP contribution in [-0.4, -0.2) is 45.3 Å². The lowest BCUT2D eigenvalue weighted by molar-refractivity contribution is 0.0995. The van der Waals surface area contributed by atoms with Crippen LogP contribution < -0.4 is 11.5 Å². The lowest BCUT2D eigenvalue weighted by Crippen LogP contribution is -2.22. The topological polar surface area (TPSA) is 135 Å². The van der Waals surface area contributed by atoms with Gasteiger partial charge in [0.25, 0.3) is 5.91 Å². The summed E-state index contributed by atoms with van der Waals surface area (Å²) in [6.07, 6.45) is 2.01. The van der Waals surface area contributed by atoms with Crippen LogP contribution in [0.3, 0.4) is 0 Å². The van der Waals surface area contributed by atoms with Crippen LogP contribution in [0.25, 0.3) is 0 Å². The van der Waals surface area contributed by atoms with Gasteiger partial charge in [-0.1, -0.05) is 0 Å². The number of aliphatic hydroxyl groups excluding tert-OH is 2. The predicted octanol–water partition coefficient (Wildman–Crippen LogP) is -2.13. The molecule has 1 heterocycles. The molecule has 0 aliphatic heterocycles. The highest BCUT2D eigenvalue weighted by Gasteiger charge is 1.96. The van der Waals surface area contributed by atoms with Crippen LogP contribution in [0.2, 0.25) is 0 Å². The Balaban J connectivity index is 0.000000288. The third kappa shape index (κ3) is 6.49. The first-order valence-electron chi connectivity index (χ1n) is 4.16. The quantitative estimate of drug-likeness (QED) is 0.454. The van der Waals surface area contributed by atoms with Gasteiger partial charge >= 0.3 is 0 Å². The van der Waals surface area contributed by atoms with Gasteiger partial charge in [0, 0.05) is 12.7 Å². The zero-order valence-electron chi connectivity index (χ0n) is 8.08. The zero-order valence-corrected chi connectivity index (χ0v) is 8.08. The molecule has 1 atom stereocenters. The number of aromatic nitrogens is 2. The van der Waals surface area contributed by atoms with Gasteiger partial charge in [-0.3, -0.25) is 4.79 Å². The van der Waals surface area contributed by atoms with E-state index in [0.717, 1.165) is 0 Å². The minimum Gasteiger partial charge on any atom is -0.394 e. The summed E-state index contributed by atoms with van der Waals surface area (Å²) in [6, 6.07) is 1.46. The van der Waals surface area contributed by atoms with Crippen molar-refractivity contribution >= 4 is 5.91 Å². The second-order valence-corrected chi connectivity index (χ2v) is 2.53. The number of primary amides is 1. The largest absolute Gasteiger partial charge is 0.394 e. The fraction of sp³-hybridized carbons (Fsp3) is 0.375. The molecule has 7 heteroatoms. The summed E-state index contributed by atoms with van der Waals surface area (Å²) >= 11 is 0. The molecule has 0 aliphatic carbocycles. The third-order valence-corrected chi connectivity index (χ3v) is 1.32. The predicted molar refractivity (Wildman–Crippen MR) is 52.7 cm³/mol. The molecule has 1 aromatic rings. The molecule has 0 aliphatic rings. The highest BCUT2D eigenvalue weighted by atomic mass is 16.3. The molecule has 0 bridgehead atoms. The van der Waals surface area contributed by atoms with Crippen molar-refractivity contribution in [3.05, 3.63) is 24.3 Å². The highest BCUT2D eigenvalue weighted by Crippen LogP contribution is 1.85. The van der Waals surface area contributed by atoms with Gasteiger partial charge in [0.15, 0.2) is 0 Å². The first-order chi connectivity index (χ1) is 7.11. The van der Waals surface area contributed by atoms with Crippen molar-refractivity contribution in [3.63, 3.8) is 0 Å². The first-order valence-corrected chi connectivity index (χ1v) is 4.16. The van der Waals surface area contributed by atoms with E-state index >= 15 is 0 Å². The SMILES string of the molecule is NC(=O)c1ccncn1.NCC(O)CO. The lowest BCUT2D eigenvalue weighted by Gasteiger charge is -1.97. The van der Waals surface area contributed by atoms with Gasteiger partial charge in [-0.25, -0.2) is 9.97 Å². The fourth-order valence-electron chi connectivity index (χ4n) is 0.511. The van der Waals surface area contributed by atoms with Gasteiger partial charge in [0.2, 0.25) is 0 Å². The van der Waals surface area contributed by atoms with Gasteiger partial charge in [-0.2, -0.15) is 0 Å². The molecule has 0 radical (unpaired) electrons. The fourth-order valence-corrected chi connectivity index (χ4v) is 0.511. The average Bonchev–Trinajstić information content (AvgIpc) is 2.30. The van der Waals surface area contributed by atoms with Crippen molar-refractivity contribution in [2.75, 3.05) is 13.2 Å². The molecular weight excluding hydrogens is 200 g/mol. The Labute approximate surface area is 86.8 Å². The molecule has 1 amide bonds. The molecule has 15 heavy (non-hydrogen) atoms. The number of hydrogen-bond acceptors (Lipinski definition) is 6. The van der Waals surface area contributed by atoms with E-state index in [1.54, 1.807) is 0 Å². The first kappa shape index (κ1) is 13.4. The molecule has 1 aromatic heterocycles. The Hall–Kier alpha value is -1.57. The number of aliphatic hydroxyl groups is 2. The minimum absolute atomic E-state index is 0.135. The van der Waals surface area contributed by atoms with Crippen LogP contribution in [0.5, 0.6) is 0 Å². The molecule has 84 valence electrons. The normalized spacial score (nSPS) is 11.1. The molecular formula is C8H14N4O3. The van der Waals surface area contributed by atoms with Crippen LogP contribution in [0.1, 0.15) is 10.5 Å². The molecule has 0 saturated heterocycles. The standard InChI is InChI=1S/C5H5N3O.C3H9NO2/c6-5(9)4-1-2-7-3-8-4;4-1-3(6)2-5/h1-3H,(H2,6,9);3,5-6H,1-2,4H2. The van der Waals surface area contributed by atoms with Crippen LogP contribution in [-0.2, 0) is 0 Å². The summed E-state index contributed by atoms with van der Waals surface area (Å²) < 4.78 is 0. The van der Waals surface area contributed by atoms with E-state index in [0.29, 0.717) is 0 Å². The number of amides is 1. The van der Waals surface area contributed by atoms with Crippen molar-refractivity contribution in [2.45, 2.75) is 6.10 Å². The molecule has 1 rings (SSSR count). The van der Waals surface area contributed by atoms with Crippen molar-refractivity contribution < 1.29 is 15.0 Å². The van der Waals surface area contributed by atoms with E-state index < -0.39 is 12.0 Å². The number of carbonyl (C=O) groups is 1. The van der Waals surface area contributed by atoms with E-state index in [1.165, 1.54) is 18.6 Å². The Morgan fingerprint density at radius 3 is 2.47 bits per heavy atom. The highest BCUT2D eigenvalue weighted by molar-refractivity contribution is 5.90. The lowest BCUT2D eigenvalue weighted by atomic mass is 10.4. The van der Waals surface area contributed by atoms with Crippen LogP contribution in [0.4, 0.5) is 0 Å². The van der Waals surface area contributed by atoms with E-state index in [2.05, 4.69) is 9.97 Å². The van der Waals surface area contributed by atoms with Gasteiger partial charge < -0.3 is 21.7 Å². The number of carbonyl (C=O) groups excluding carboxylic acids is 1. The maximum atomic E-state index is 10.3. The number of hydrogen-bond donors (Lipinski definition) is 4. The van der Waals surface area contributed by atoms with Gasteiger partial charge in [-0.15, -0.1) is 0 Å². The van der Waals surface area contributed by atoms with E-state index in [4.69, 9.17) is 21.7 Å². The van der Waals surface area contributed by atoms with Crippen molar-refractivity contribution in [1.29, 1.82) is 0 Å². The van der Waals surface area contributed by atoms with Crippen LogP contribution in [0, 0.1) is 0 Å². The monoisotopic (exact) mass is 214 g/mol. The zero-order chi connectivity index (χ0) is 11.7. The molecule has 0 fully saturated rings. The van der Waals surface area contributed by atoms with E-state index in [9.17, 15) is 4.79 Å². The van der Waals surface area contributed by atoms with Crippen molar-refractivity contribution in [1.82, 2.24) is 9.97 Å². The van der Waals surface area contributed by atoms with E-state index in [-0.39, 0.29) is 18.8 Å². The third-order valence-electron chi connectivity index (χ3n) is 1.32. The molecule has 0 spiro atoms. The van der Waals surface area contributed by atoms with Gasteiger partial charge in [0.05, 0.1) is 12.7 Å². The van der Waals surface area contributed by atoms with Crippen LogP contribution in [0.15, 0.2) is 18.6 Å². The summed E-state index contributed by atoms with van der Waals surface area (Å²) in [5.74, 6) is -0.530. The molecule has 0 aromatic carbocycles. The second kappa shape index (κ2) is 7.80. The number of rotatable bonds is 3. The smallest absolute Gasteiger partial charge is 0.267 e. The molecule has 6 N–H and O–H groups in total. The van der Waals surface area contributed by atoms with Crippen molar-refractivity contribution in [2.24, 2.45) is 11.5 Å². The number of nitrogens with two attached hydrogens (primary N) is 2. The average molecular weight is 214 g/mol. The maximum absolute atomic E-state index is 10.3. The number of nitrogens with zero attached hydrogens (tertiary/aromatic N) is 2. The Morgan fingerprint density at radius 2 is 2.27 bits per heavy atom. The van der Waals surface area contributed by atoms with Crippen molar-refractivity contribution in [3.8, 4) is 0 Å². The second-order valence-electron chi connectivity index (χ2n) is 2.53. The Morgan fingerprint density at radius 1 is 1.60 bits per heavy atom. The summed E-state index contributed by atoms with van der Waals surface area (Å²) in [6.45, 7) is -0.104. The maximum Gasteiger partial charge on any atom is 0.267 e.